The van der Waals surface area contributed by atoms with Crippen LogP contribution in [0.2, 0.25) is 5.02 Å². The molecule has 1 aromatic heterocycles. The molecule has 0 amide bonds. The summed E-state index contributed by atoms with van der Waals surface area (Å²) in [4.78, 5) is 6.26. The zero-order chi connectivity index (χ0) is 10.8. The number of pyridine rings is 1. The maximum absolute atomic E-state index is 9.21. The molecule has 2 rings (SSSR count). The minimum Gasteiger partial charge on any atom is -0.396 e. The summed E-state index contributed by atoms with van der Waals surface area (Å²) in [5.41, 5.74) is 6.42. The summed E-state index contributed by atoms with van der Waals surface area (Å²) in [6, 6.07) is 1.83. The minimum absolute atomic E-state index is 0.140. The lowest BCUT2D eigenvalue weighted by molar-refractivity contribution is 0.266. The van der Waals surface area contributed by atoms with Crippen molar-refractivity contribution < 1.29 is 5.11 Å². The number of nitrogens with two attached hydrogens (primary N) is 1. The van der Waals surface area contributed by atoms with Gasteiger partial charge in [0, 0.05) is 12.7 Å². The van der Waals surface area contributed by atoms with E-state index in [4.69, 9.17) is 17.3 Å². The molecule has 1 aliphatic heterocycles. The summed E-state index contributed by atoms with van der Waals surface area (Å²) in [6.45, 7) is 1.04. The number of aliphatic hydroxyl groups excluding tert-OH is 1. The van der Waals surface area contributed by atoms with Crippen LogP contribution in [0.3, 0.4) is 0 Å². The van der Waals surface area contributed by atoms with Gasteiger partial charge < -0.3 is 15.7 Å². The molecule has 0 bridgehead atoms. The number of nitrogens with zero attached hydrogens (tertiary/aromatic N) is 2. The van der Waals surface area contributed by atoms with Crippen molar-refractivity contribution in [1.82, 2.24) is 4.98 Å². The average molecular weight is 228 g/mol. The van der Waals surface area contributed by atoms with E-state index < -0.39 is 0 Å². The van der Waals surface area contributed by atoms with E-state index in [1.54, 1.807) is 12.3 Å². The Morgan fingerprint density at radius 2 is 2.47 bits per heavy atom. The molecule has 3 N–H and O–H groups in total. The molecule has 0 saturated carbocycles. The zero-order valence-electron chi connectivity index (χ0n) is 8.36. The third-order valence-electron chi connectivity index (χ3n) is 2.72. The summed E-state index contributed by atoms with van der Waals surface area (Å²) in [5.74, 6) is 0.732. The molecule has 0 aliphatic carbocycles. The number of halogens is 1. The first kappa shape index (κ1) is 10.5. The highest BCUT2D eigenvalue weighted by atomic mass is 35.5. The van der Waals surface area contributed by atoms with Gasteiger partial charge in [-0.05, 0) is 18.9 Å². The Labute approximate surface area is 93.7 Å². The Hall–Kier alpha value is -1.00. The normalized spacial score (nSPS) is 20.9. The van der Waals surface area contributed by atoms with Gasteiger partial charge in [0.1, 0.15) is 0 Å². The first-order valence-corrected chi connectivity index (χ1v) is 5.38. The first-order chi connectivity index (χ1) is 7.22. The molecular weight excluding hydrogens is 214 g/mol. The number of nitrogen functional groups attached to an aromatic ring is 1. The van der Waals surface area contributed by atoms with Crippen molar-refractivity contribution in [2.45, 2.75) is 18.9 Å². The summed E-state index contributed by atoms with van der Waals surface area (Å²) in [7, 11) is 0. The van der Waals surface area contributed by atoms with E-state index in [1.165, 1.54) is 0 Å². The number of aromatic nitrogens is 1. The Morgan fingerprint density at radius 3 is 3.13 bits per heavy atom. The molecule has 5 heteroatoms. The molecule has 82 valence electrons. The van der Waals surface area contributed by atoms with Crippen molar-refractivity contribution in [3.05, 3.63) is 17.3 Å². The summed E-state index contributed by atoms with van der Waals surface area (Å²) in [5, 5.41) is 9.74. The molecule has 0 spiro atoms. The average Bonchev–Trinajstić information content (AvgIpc) is 2.65. The van der Waals surface area contributed by atoms with Gasteiger partial charge >= 0.3 is 0 Å². The van der Waals surface area contributed by atoms with Gasteiger partial charge in [0.05, 0.1) is 23.4 Å². The van der Waals surface area contributed by atoms with Gasteiger partial charge in [0.25, 0.3) is 0 Å². The minimum atomic E-state index is 0.140. The zero-order valence-corrected chi connectivity index (χ0v) is 9.11. The van der Waals surface area contributed by atoms with Crippen LogP contribution in [-0.4, -0.2) is 29.3 Å². The first-order valence-electron chi connectivity index (χ1n) is 5.01. The van der Waals surface area contributed by atoms with Crippen LogP contribution < -0.4 is 10.6 Å². The second-order valence-corrected chi connectivity index (χ2v) is 4.17. The molecule has 15 heavy (non-hydrogen) atoms. The van der Waals surface area contributed by atoms with E-state index >= 15 is 0 Å². The lowest BCUT2D eigenvalue weighted by Gasteiger charge is -2.25. The van der Waals surface area contributed by atoms with E-state index in [0.29, 0.717) is 10.7 Å². The number of hydrogen-bond acceptors (Lipinski definition) is 4. The standard InChI is InChI=1S/C10H14ClN3O/c11-7-4-9(12)10(13-5-7)14-3-1-2-8(14)6-15/h4-5,8,15H,1-3,6,12H2. The number of rotatable bonds is 2. The van der Waals surface area contributed by atoms with Gasteiger partial charge in [-0.2, -0.15) is 0 Å². The van der Waals surface area contributed by atoms with Crippen molar-refractivity contribution >= 4 is 23.1 Å². The predicted octanol–water partition coefficient (Wildman–Crippen LogP) is 1.28. The molecule has 1 atom stereocenters. The highest BCUT2D eigenvalue weighted by Crippen LogP contribution is 2.29. The second kappa shape index (κ2) is 4.24. The van der Waals surface area contributed by atoms with Gasteiger partial charge in [-0.1, -0.05) is 11.6 Å². The smallest absolute Gasteiger partial charge is 0.152 e. The molecule has 0 aromatic carbocycles. The number of hydrogen-bond donors (Lipinski definition) is 2. The molecule has 1 fully saturated rings. The summed E-state index contributed by atoms with van der Waals surface area (Å²) in [6.07, 6.45) is 3.63. The molecular formula is C10H14ClN3O. The Morgan fingerprint density at radius 1 is 1.67 bits per heavy atom. The van der Waals surface area contributed by atoms with E-state index in [1.807, 2.05) is 4.90 Å². The predicted molar refractivity (Wildman–Crippen MR) is 61.1 cm³/mol. The Balaban J connectivity index is 2.28. The molecule has 1 aliphatic rings. The lowest BCUT2D eigenvalue weighted by Crippen LogP contribution is -2.33. The molecule has 2 heterocycles. The van der Waals surface area contributed by atoms with Crippen LogP contribution >= 0.6 is 11.6 Å². The quantitative estimate of drug-likeness (QED) is 0.799. The Bertz CT molecular complexity index is 359. The van der Waals surface area contributed by atoms with Gasteiger partial charge in [-0.3, -0.25) is 0 Å². The van der Waals surface area contributed by atoms with Crippen molar-refractivity contribution in [3.63, 3.8) is 0 Å². The SMILES string of the molecule is Nc1cc(Cl)cnc1N1CCCC1CO. The molecule has 0 radical (unpaired) electrons. The summed E-state index contributed by atoms with van der Waals surface area (Å²) < 4.78 is 0. The third kappa shape index (κ3) is 2.01. The lowest BCUT2D eigenvalue weighted by atomic mass is 10.2. The molecule has 1 saturated heterocycles. The Kier molecular flexibility index (Phi) is 2.98. The van der Waals surface area contributed by atoms with E-state index in [-0.39, 0.29) is 12.6 Å². The monoisotopic (exact) mass is 227 g/mol. The van der Waals surface area contributed by atoms with E-state index in [9.17, 15) is 5.11 Å². The maximum Gasteiger partial charge on any atom is 0.152 e. The molecule has 1 aromatic rings. The topological polar surface area (TPSA) is 62.4 Å². The fourth-order valence-electron chi connectivity index (χ4n) is 1.99. The van der Waals surface area contributed by atoms with Crippen molar-refractivity contribution in [1.29, 1.82) is 0 Å². The van der Waals surface area contributed by atoms with Crippen LogP contribution in [0.4, 0.5) is 11.5 Å². The molecule has 1 unspecified atom stereocenters. The molecule has 4 nitrogen and oxygen atoms in total. The van der Waals surface area contributed by atoms with Crippen LogP contribution in [0.1, 0.15) is 12.8 Å². The van der Waals surface area contributed by atoms with E-state index in [2.05, 4.69) is 4.98 Å². The van der Waals surface area contributed by atoms with Gasteiger partial charge in [-0.15, -0.1) is 0 Å². The van der Waals surface area contributed by atoms with Crippen LogP contribution in [0.25, 0.3) is 0 Å². The van der Waals surface area contributed by atoms with Gasteiger partial charge in [0.2, 0.25) is 0 Å². The van der Waals surface area contributed by atoms with E-state index in [0.717, 1.165) is 25.2 Å². The van der Waals surface area contributed by atoms with Crippen molar-refractivity contribution in [2.75, 3.05) is 23.8 Å². The fourth-order valence-corrected chi connectivity index (χ4v) is 2.16. The number of aliphatic hydroxyl groups is 1. The van der Waals surface area contributed by atoms with Gasteiger partial charge in [0.15, 0.2) is 5.82 Å². The number of anilines is 2. The van der Waals surface area contributed by atoms with Gasteiger partial charge in [-0.25, -0.2) is 4.98 Å². The third-order valence-corrected chi connectivity index (χ3v) is 2.93. The van der Waals surface area contributed by atoms with Crippen LogP contribution in [0.15, 0.2) is 12.3 Å². The van der Waals surface area contributed by atoms with Crippen LogP contribution in [0.5, 0.6) is 0 Å². The van der Waals surface area contributed by atoms with Crippen LogP contribution in [0, 0.1) is 0 Å². The largest absolute Gasteiger partial charge is 0.396 e. The second-order valence-electron chi connectivity index (χ2n) is 3.74. The summed E-state index contributed by atoms with van der Waals surface area (Å²) >= 11 is 5.78. The van der Waals surface area contributed by atoms with Crippen molar-refractivity contribution in [3.8, 4) is 0 Å². The fraction of sp³-hybridized carbons (Fsp3) is 0.500. The van der Waals surface area contributed by atoms with Crippen molar-refractivity contribution in [2.24, 2.45) is 0 Å². The maximum atomic E-state index is 9.21. The highest BCUT2D eigenvalue weighted by Gasteiger charge is 2.26. The van der Waals surface area contributed by atoms with Crippen LogP contribution in [-0.2, 0) is 0 Å². The highest BCUT2D eigenvalue weighted by molar-refractivity contribution is 6.30.